The van der Waals surface area contributed by atoms with Crippen LogP contribution in [0.1, 0.15) is 54.9 Å². The molecule has 0 bridgehead atoms. The molecular weight excluding hydrogens is 440 g/mol. The van der Waals surface area contributed by atoms with E-state index in [1.807, 2.05) is 0 Å². The standard InChI is InChI=1S/C24H26N4O4S/c1-12-21(30)25-16-9-13(5-8-18(16)32-12)17(29)11-28-23(31)20-15-7-6-14(24(2,3)4)10-19(15)33-22(20)26-27-28/h5,8-9,12,14H,6-7,10-11H2,1-4H3,(H,25,30). The van der Waals surface area contributed by atoms with Crippen LogP contribution in [0, 0.1) is 11.3 Å². The maximum atomic E-state index is 13.3. The number of carbonyl (C=O) groups is 2. The molecule has 172 valence electrons. The third-order valence-electron chi connectivity index (χ3n) is 6.69. The summed E-state index contributed by atoms with van der Waals surface area (Å²) in [4.78, 5) is 39.9. The molecule has 5 rings (SSSR count). The van der Waals surface area contributed by atoms with Crippen molar-refractivity contribution in [2.24, 2.45) is 11.3 Å². The van der Waals surface area contributed by atoms with Gasteiger partial charge in [0.25, 0.3) is 11.5 Å². The smallest absolute Gasteiger partial charge is 0.279 e. The van der Waals surface area contributed by atoms with Gasteiger partial charge in [-0.05, 0) is 61.3 Å². The minimum Gasteiger partial charge on any atom is -0.479 e. The van der Waals surface area contributed by atoms with Crippen molar-refractivity contribution in [1.82, 2.24) is 15.0 Å². The number of ether oxygens (including phenoxy) is 1. The Morgan fingerprint density at radius 3 is 2.85 bits per heavy atom. The van der Waals surface area contributed by atoms with Crippen LogP contribution in [0.5, 0.6) is 5.75 Å². The van der Waals surface area contributed by atoms with Crippen molar-refractivity contribution in [2.45, 2.75) is 59.6 Å². The number of amides is 1. The first-order valence-corrected chi connectivity index (χ1v) is 12.0. The quantitative estimate of drug-likeness (QED) is 0.592. The number of nitrogens with zero attached hydrogens (tertiary/aromatic N) is 3. The van der Waals surface area contributed by atoms with E-state index in [0.29, 0.717) is 33.1 Å². The van der Waals surface area contributed by atoms with Gasteiger partial charge >= 0.3 is 0 Å². The summed E-state index contributed by atoms with van der Waals surface area (Å²) in [6.07, 6.45) is 2.23. The molecule has 2 atom stereocenters. The van der Waals surface area contributed by atoms with Crippen molar-refractivity contribution >= 4 is 38.9 Å². The van der Waals surface area contributed by atoms with Gasteiger partial charge in [-0.25, -0.2) is 4.68 Å². The zero-order chi connectivity index (χ0) is 23.5. The van der Waals surface area contributed by atoms with Crippen LogP contribution in [0.4, 0.5) is 5.69 Å². The Morgan fingerprint density at radius 1 is 1.30 bits per heavy atom. The topological polar surface area (TPSA) is 103 Å². The van der Waals surface area contributed by atoms with E-state index < -0.39 is 6.10 Å². The molecule has 1 aliphatic carbocycles. The van der Waals surface area contributed by atoms with E-state index in [1.165, 1.54) is 4.88 Å². The fourth-order valence-corrected chi connectivity index (χ4v) is 5.81. The van der Waals surface area contributed by atoms with Gasteiger partial charge in [0.15, 0.2) is 16.7 Å². The Labute approximate surface area is 194 Å². The van der Waals surface area contributed by atoms with Gasteiger partial charge in [0.2, 0.25) is 0 Å². The zero-order valence-corrected chi connectivity index (χ0v) is 19.9. The monoisotopic (exact) mass is 466 g/mol. The molecule has 0 saturated heterocycles. The van der Waals surface area contributed by atoms with Gasteiger partial charge in [0.1, 0.15) is 12.3 Å². The second-order valence-electron chi connectivity index (χ2n) is 9.93. The number of thiophene rings is 1. The average molecular weight is 467 g/mol. The molecule has 1 aliphatic heterocycles. The number of ketones is 1. The van der Waals surface area contributed by atoms with Crippen LogP contribution in [0.25, 0.3) is 10.2 Å². The first-order valence-electron chi connectivity index (χ1n) is 11.1. The van der Waals surface area contributed by atoms with Crippen molar-refractivity contribution in [3.63, 3.8) is 0 Å². The minimum atomic E-state index is -0.588. The predicted molar refractivity (Wildman–Crippen MR) is 126 cm³/mol. The molecule has 9 heteroatoms. The molecular formula is C24H26N4O4S. The Kier molecular flexibility index (Phi) is 5.12. The summed E-state index contributed by atoms with van der Waals surface area (Å²) >= 11 is 1.55. The lowest BCUT2D eigenvalue weighted by Gasteiger charge is -2.33. The number of aryl methyl sites for hydroxylation is 1. The number of Topliss-reactive ketones (excluding diaryl/α,β-unsaturated/α-hetero) is 1. The van der Waals surface area contributed by atoms with Crippen LogP contribution in [0.3, 0.4) is 0 Å². The fraction of sp³-hybridized carbons (Fsp3) is 0.458. The Bertz CT molecular complexity index is 1350. The van der Waals surface area contributed by atoms with Crippen LogP contribution in [-0.4, -0.2) is 32.8 Å². The largest absolute Gasteiger partial charge is 0.479 e. The summed E-state index contributed by atoms with van der Waals surface area (Å²) in [5, 5.41) is 11.7. The first-order chi connectivity index (χ1) is 15.6. The molecule has 0 spiro atoms. The Balaban J connectivity index is 1.43. The fourth-order valence-electron chi connectivity index (χ4n) is 4.58. The van der Waals surface area contributed by atoms with Gasteiger partial charge in [0.05, 0.1) is 11.1 Å². The van der Waals surface area contributed by atoms with Gasteiger partial charge in [-0.15, -0.1) is 16.4 Å². The highest BCUT2D eigenvalue weighted by Crippen LogP contribution is 2.41. The summed E-state index contributed by atoms with van der Waals surface area (Å²) in [5.74, 6) is 0.510. The van der Waals surface area contributed by atoms with E-state index >= 15 is 0 Å². The van der Waals surface area contributed by atoms with Crippen molar-refractivity contribution in [1.29, 1.82) is 0 Å². The SMILES string of the molecule is CC1Oc2ccc(C(=O)Cn3nnc4sc5c(c4c3=O)CCC(C(C)(C)C)C5)cc2NC1=O. The summed E-state index contributed by atoms with van der Waals surface area (Å²) in [6.45, 7) is 8.21. The van der Waals surface area contributed by atoms with Crippen LogP contribution in [-0.2, 0) is 24.2 Å². The van der Waals surface area contributed by atoms with Crippen molar-refractivity contribution < 1.29 is 14.3 Å². The summed E-state index contributed by atoms with van der Waals surface area (Å²) in [5.41, 5.74) is 1.81. The summed E-state index contributed by atoms with van der Waals surface area (Å²) < 4.78 is 6.68. The number of fused-ring (bicyclic) bond motifs is 4. The Morgan fingerprint density at radius 2 is 2.09 bits per heavy atom. The number of rotatable bonds is 3. The highest BCUT2D eigenvalue weighted by molar-refractivity contribution is 7.18. The number of anilines is 1. The molecule has 2 aliphatic rings. The number of aromatic nitrogens is 3. The first kappa shape index (κ1) is 21.8. The van der Waals surface area contributed by atoms with Crippen LogP contribution in [0.15, 0.2) is 23.0 Å². The van der Waals surface area contributed by atoms with Crippen LogP contribution >= 0.6 is 11.3 Å². The van der Waals surface area contributed by atoms with Gasteiger partial charge < -0.3 is 10.1 Å². The molecule has 1 N–H and O–H groups in total. The molecule has 8 nitrogen and oxygen atoms in total. The lowest BCUT2D eigenvalue weighted by atomic mass is 9.72. The molecule has 3 heterocycles. The molecule has 33 heavy (non-hydrogen) atoms. The van der Waals surface area contributed by atoms with E-state index in [0.717, 1.165) is 29.5 Å². The molecule has 0 radical (unpaired) electrons. The lowest BCUT2D eigenvalue weighted by Crippen LogP contribution is -2.34. The van der Waals surface area contributed by atoms with E-state index in [9.17, 15) is 14.4 Å². The second-order valence-corrected chi connectivity index (χ2v) is 11.0. The third kappa shape index (κ3) is 3.84. The zero-order valence-electron chi connectivity index (χ0n) is 19.1. The molecule has 3 aromatic rings. The lowest BCUT2D eigenvalue weighted by molar-refractivity contribution is -0.122. The van der Waals surface area contributed by atoms with E-state index in [1.54, 1.807) is 36.5 Å². The highest BCUT2D eigenvalue weighted by atomic mass is 32.1. The molecule has 2 aromatic heterocycles. The third-order valence-corrected chi connectivity index (χ3v) is 7.83. The van der Waals surface area contributed by atoms with E-state index in [4.69, 9.17) is 4.74 Å². The van der Waals surface area contributed by atoms with Crippen molar-refractivity contribution in [2.75, 3.05) is 5.32 Å². The average Bonchev–Trinajstić information content (AvgIpc) is 3.14. The van der Waals surface area contributed by atoms with Gasteiger partial charge in [-0.1, -0.05) is 26.0 Å². The maximum Gasteiger partial charge on any atom is 0.279 e. The molecule has 2 unspecified atom stereocenters. The van der Waals surface area contributed by atoms with Gasteiger partial charge in [0, 0.05) is 10.4 Å². The summed E-state index contributed by atoms with van der Waals surface area (Å²) in [6, 6.07) is 4.84. The van der Waals surface area contributed by atoms with Crippen LogP contribution < -0.4 is 15.6 Å². The van der Waals surface area contributed by atoms with Gasteiger partial charge in [-0.3, -0.25) is 14.4 Å². The molecule has 1 aromatic carbocycles. The van der Waals surface area contributed by atoms with Crippen molar-refractivity contribution in [3.05, 3.63) is 44.6 Å². The number of carbonyl (C=O) groups excluding carboxylic acids is 2. The second kappa shape index (κ2) is 7.76. The predicted octanol–water partition coefficient (Wildman–Crippen LogP) is 3.61. The molecule has 1 amide bonds. The summed E-state index contributed by atoms with van der Waals surface area (Å²) in [7, 11) is 0. The Hall–Kier alpha value is -3.07. The van der Waals surface area contributed by atoms with Crippen LogP contribution in [0.2, 0.25) is 0 Å². The van der Waals surface area contributed by atoms with E-state index in [-0.39, 0.29) is 29.2 Å². The number of benzene rings is 1. The highest BCUT2D eigenvalue weighted by Gasteiger charge is 2.32. The molecule has 0 fully saturated rings. The molecule has 0 saturated carbocycles. The number of hydrogen-bond donors (Lipinski definition) is 1. The number of hydrogen-bond acceptors (Lipinski definition) is 7. The minimum absolute atomic E-state index is 0.212. The van der Waals surface area contributed by atoms with E-state index in [2.05, 4.69) is 36.4 Å². The van der Waals surface area contributed by atoms with Crippen molar-refractivity contribution in [3.8, 4) is 5.75 Å². The number of nitrogens with one attached hydrogen (secondary N) is 1. The maximum absolute atomic E-state index is 13.3. The normalized spacial score (nSPS) is 20.1. The van der Waals surface area contributed by atoms with Gasteiger partial charge in [-0.2, -0.15) is 0 Å².